The van der Waals surface area contributed by atoms with Crippen LogP contribution in [0.4, 0.5) is 10.1 Å². The summed E-state index contributed by atoms with van der Waals surface area (Å²) in [7, 11) is 0. The minimum Gasteiger partial charge on any atom is -0.376 e. The third-order valence-corrected chi connectivity index (χ3v) is 4.48. The molecule has 0 fully saturated rings. The van der Waals surface area contributed by atoms with Crippen molar-refractivity contribution >= 4 is 23.4 Å². The fraction of sp³-hybridized carbons (Fsp3) is 0.286. The summed E-state index contributed by atoms with van der Waals surface area (Å²) in [6.45, 7) is 0.0490. The van der Waals surface area contributed by atoms with E-state index in [9.17, 15) is 9.18 Å². The molecule has 3 N–H and O–H groups in total. The zero-order chi connectivity index (χ0) is 14.8. The number of halogens is 1. The Morgan fingerprint density at radius 1 is 1.57 bits per heavy atom. The van der Waals surface area contributed by atoms with Crippen molar-refractivity contribution < 1.29 is 9.18 Å². The molecule has 2 aromatic rings. The number of benzene rings is 1. The van der Waals surface area contributed by atoms with Crippen LogP contribution in [-0.4, -0.2) is 21.4 Å². The van der Waals surface area contributed by atoms with Gasteiger partial charge in [-0.25, -0.2) is 4.39 Å². The van der Waals surface area contributed by atoms with Crippen LogP contribution < -0.4 is 11.1 Å². The summed E-state index contributed by atoms with van der Waals surface area (Å²) < 4.78 is 15.3. The maximum absolute atomic E-state index is 13.8. The number of nitrogens with zero attached hydrogens (tertiary/aromatic N) is 2. The lowest BCUT2D eigenvalue weighted by Gasteiger charge is -2.26. The van der Waals surface area contributed by atoms with Crippen LogP contribution in [0.1, 0.15) is 18.0 Å². The van der Waals surface area contributed by atoms with Crippen molar-refractivity contribution in [3.63, 3.8) is 0 Å². The first-order valence-corrected chi connectivity index (χ1v) is 7.60. The number of nitrogens with two attached hydrogens (primary N) is 1. The van der Waals surface area contributed by atoms with Crippen molar-refractivity contribution in [2.24, 2.45) is 5.73 Å². The Balaban J connectivity index is 1.79. The Morgan fingerprint density at radius 2 is 2.43 bits per heavy atom. The summed E-state index contributed by atoms with van der Waals surface area (Å²) in [5, 5.41) is 7.41. The van der Waals surface area contributed by atoms with Crippen molar-refractivity contribution in [3.05, 3.63) is 42.0 Å². The highest BCUT2D eigenvalue weighted by Crippen LogP contribution is 2.39. The Bertz CT molecular complexity index is 673. The molecular formula is C14H15FN4OS. The second-order valence-electron chi connectivity index (χ2n) is 4.89. The van der Waals surface area contributed by atoms with Gasteiger partial charge in [0.1, 0.15) is 12.4 Å². The molecule has 1 aromatic carbocycles. The molecule has 0 saturated carbocycles. The number of fused-ring (bicyclic) bond motifs is 1. The number of primary amides is 1. The van der Waals surface area contributed by atoms with E-state index in [1.54, 1.807) is 30.2 Å². The van der Waals surface area contributed by atoms with Crippen LogP contribution in [0.3, 0.4) is 0 Å². The number of aromatic nitrogens is 2. The molecule has 1 unspecified atom stereocenters. The zero-order valence-corrected chi connectivity index (χ0v) is 12.1. The number of nitrogens with one attached hydrogen (secondary N) is 1. The van der Waals surface area contributed by atoms with Crippen LogP contribution in [0.2, 0.25) is 0 Å². The van der Waals surface area contributed by atoms with Crippen LogP contribution in [-0.2, 0) is 11.3 Å². The van der Waals surface area contributed by atoms with Crippen molar-refractivity contribution in [2.45, 2.75) is 23.9 Å². The molecule has 0 saturated heterocycles. The number of anilines is 1. The Morgan fingerprint density at radius 3 is 3.24 bits per heavy atom. The van der Waals surface area contributed by atoms with Gasteiger partial charge in [0.15, 0.2) is 0 Å². The van der Waals surface area contributed by atoms with Gasteiger partial charge in [0.25, 0.3) is 0 Å². The van der Waals surface area contributed by atoms with E-state index in [1.807, 2.05) is 6.07 Å². The highest BCUT2D eigenvalue weighted by molar-refractivity contribution is 7.99. The molecule has 1 aromatic heterocycles. The third-order valence-electron chi connectivity index (χ3n) is 3.32. The maximum Gasteiger partial charge on any atom is 0.239 e. The first-order chi connectivity index (χ1) is 10.1. The molecular weight excluding hydrogens is 291 g/mol. The van der Waals surface area contributed by atoms with Gasteiger partial charge in [-0.1, -0.05) is 12.1 Å². The molecule has 1 aliphatic rings. The second-order valence-corrected chi connectivity index (χ2v) is 5.99. The van der Waals surface area contributed by atoms with Gasteiger partial charge in [-0.05, 0) is 18.1 Å². The number of hydrogen-bond acceptors (Lipinski definition) is 4. The molecule has 21 heavy (non-hydrogen) atoms. The van der Waals surface area contributed by atoms with E-state index >= 15 is 0 Å². The molecule has 2 heterocycles. The van der Waals surface area contributed by atoms with Gasteiger partial charge < -0.3 is 11.1 Å². The topological polar surface area (TPSA) is 72.9 Å². The normalized spacial score (nSPS) is 17.3. The molecule has 0 spiro atoms. The van der Waals surface area contributed by atoms with Crippen LogP contribution in [0.15, 0.2) is 35.5 Å². The largest absolute Gasteiger partial charge is 0.376 e. The molecule has 3 rings (SSSR count). The third kappa shape index (κ3) is 3.02. The number of amides is 1. The van der Waals surface area contributed by atoms with E-state index < -0.39 is 5.91 Å². The first kappa shape index (κ1) is 13.9. The summed E-state index contributed by atoms with van der Waals surface area (Å²) in [4.78, 5) is 11.6. The number of thioether (sulfide) groups is 1. The van der Waals surface area contributed by atoms with Crippen LogP contribution in [0.25, 0.3) is 0 Å². The predicted molar refractivity (Wildman–Crippen MR) is 79.5 cm³/mol. The molecule has 1 atom stereocenters. The lowest BCUT2D eigenvalue weighted by molar-refractivity contribution is -0.118. The first-order valence-electron chi connectivity index (χ1n) is 6.62. The Labute approximate surface area is 125 Å². The molecule has 1 amide bonds. The molecule has 0 aliphatic carbocycles. The molecule has 7 heteroatoms. The lowest BCUT2D eigenvalue weighted by atomic mass is 10.0. The molecule has 110 valence electrons. The van der Waals surface area contributed by atoms with Crippen molar-refractivity contribution in [1.29, 1.82) is 0 Å². The predicted octanol–water partition coefficient (Wildman–Crippen LogP) is 2.16. The number of carbonyl (C=O) groups excluding carboxylic acids is 1. The quantitative estimate of drug-likeness (QED) is 0.908. The summed E-state index contributed by atoms with van der Waals surface area (Å²) in [6, 6.07) is 5.20. The minimum atomic E-state index is -0.439. The summed E-state index contributed by atoms with van der Waals surface area (Å²) in [6.07, 6.45) is 4.28. The SMILES string of the molecule is NC(=O)Cn1cc(NC2CCSc3c(F)cccc32)cn1. The van der Waals surface area contributed by atoms with Gasteiger partial charge in [0, 0.05) is 16.8 Å². The van der Waals surface area contributed by atoms with Gasteiger partial charge in [0.2, 0.25) is 5.91 Å². The van der Waals surface area contributed by atoms with Crippen molar-refractivity contribution in [1.82, 2.24) is 9.78 Å². The Hall–Kier alpha value is -2.02. The zero-order valence-electron chi connectivity index (χ0n) is 11.3. The molecule has 1 aliphatic heterocycles. The summed E-state index contributed by atoms with van der Waals surface area (Å²) in [5.74, 6) is 0.251. The average Bonchev–Trinajstić information content (AvgIpc) is 2.86. The monoisotopic (exact) mass is 306 g/mol. The van der Waals surface area contributed by atoms with E-state index in [2.05, 4.69) is 10.4 Å². The van der Waals surface area contributed by atoms with Gasteiger partial charge in [-0.2, -0.15) is 5.10 Å². The van der Waals surface area contributed by atoms with Crippen molar-refractivity contribution in [3.8, 4) is 0 Å². The van der Waals surface area contributed by atoms with Crippen LogP contribution in [0, 0.1) is 5.82 Å². The van der Waals surface area contributed by atoms with Crippen LogP contribution in [0.5, 0.6) is 0 Å². The standard InChI is InChI=1S/C14H15FN4OS/c15-11-3-1-2-10-12(4-5-21-14(10)11)18-9-6-17-19(7-9)8-13(16)20/h1-3,6-7,12,18H,4-5,8H2,(H2,16,20). The number of rotatable bonds is 4. The number of hydrogen-bond donors (Lipinski definition) is 2. The van der Waals surface area contributed by atoms with E-state index in [1.165, 1.54) is 10.7 Å². The van der Waals surface area contributed by atoms with Crippen molar-refractivity contribution in [2.75, 3.05) is 11.1 Å². The van der Waals surface area contributed by atoms with E-state index in [0.29, 0.717) is 4.90 Å². The fourth-order valence-electron chi connectivity index (χ4n) is 2.42. The maximum atomic E-state index is 13.8. The Kier molecular flexibility index (Phi) is 3.83. The number of carbonyl (C=O) groups is 1. The van der Waals surface area contributed by atoms with Gasteiger partial charge in [-0.15, -0.1) is 11.8 Å². The van der Waals surface area contributed by atoms with E-state index in [-0.39, 0.29) is 18.4 Å². The van der Waals surface area contributed by atoms with Crippen LogP contribution >= 0.6 is 11.8 Å². The molecule has 0 radical (unpaired) electrons. The summed E-state index contributed by atoms with van der Waals surface area (Å²) >= 11 is 1.55. The van der Waals surface area contributed by atoms with Gasteiger partial charge in [-0.3, -0.25) is 9.48 Å². The van der Waals surface area contributed by atoms with Gasteiger partial charge in [0.05, 0.1) is 17.9 Å². The highest BCUT2D eigenvalue weighted by atomic mass is 32.2. The van der Waals surface area contributed by atoms with E-state index in [0.717, 1.165) is 23.4 Å². The average molecular weight is 306 g/mol. The van der Waals surface area contributed by atoms with E-state index in [4.69, 9.17) is 5.73 Å². The lowest BCUT2D eigenvalue weighted by Crippen LogP contribution is -2.19. The summed E-state index contributed by atoms with van der Waals surface area (Å²) in [5.41, 5.74) is 6.89. The second kappa shape index (κ2) is 5.77. The minimum absolute atomic E-state index is 0.0446. The molecule has 5 nitrogen and oxygen atoms in total. The smallest absolute Gasteiger partial charge is 0.239 e. The highest BCUT2D eigenvalue weighted by Gasteiger charge is 2.23. The fourth-order valence-corrected chi connectivity index (χ4v) is 3.56. The molecule has 0 bridgehead atoms. The van der Waals surface area contributed by atoms with Gasteiger partial charge >= 0.3 is 0 Å².